The highest BCUT2D eigenvalue weighted by Gasteiger charge is 2.30. The van der Waals surface area contributed by atoms with E-state index in [0.29, 0.717) is 0 Å². The second kappa shape index (κ2) is 7.98. The highest BCUT2D eigenvalue weighted by atomic mass is 16.3. The summed E-state index contributed by atoms with van der Waals surface area (Å²) in [6, 6.07) is 4.69. The second-order valence-electron chi connectivity index (χ2n) is 5.49. The molecule has 0 unspecified atom stereocenters. The molecule has 0 bridgehead atoms. The topological polar surface area (TPSA) is 130 Å². The van der Waals surface area contributed by atoms with Crippen molar-refractivity contribution in [2.24, 2.45) is 0 Å². The molecule has 136 valence electrons. The van der Waals surface area contributed by atoms with Crippen molar-refractivity contribution in [3.05, 3.63) is 56.9 Å². The SMILES string of the molecule is CCN1C(=O)C(C#N)=C/C(=C\C=C\c2cc(C#N)c(=O)n(CC)c2[O-])C1=O. The monoisotopic (exact) mass is 363 g/mol. The quantitative estimate of drug-likeness (QED) is 0.568. The minimum atomic E-state index is -0.651. The van der Waals surface area contributed by atoms with Crippen molar-refractivity contribution >= 4 is 17.9 Å². The Bertz CT molecular complexity index is 1050. The zero-order chi connectivity index (χ0) is 20.1. The summed E-state index contributed by atoms with van der Waals surface area (Å²) in [7, 11) is 0. The van der Waals surface area contributed by atoms with Gasteiger partial charge in [-0.2, -0.15) is 10.5 Å². The number of likely N-dealkylation sites (N-methyl/N-ethyl adjacent to an activating group) is 1. The highest BCUT2D eigenvalue weighted by Crippen LogP contribution is 2.19. The number of hydrogen-bond acceptors (Lipinski definition) is 6. The third-order valence-corrected chi connectivity index (χ3v) is 3.96. The molecule has 1 aliphatic heterocycles. The van der Waals surface area contributed by atoms with Gasteiger partial charge in [0.15, 0.2) is 0 Å². The van der Waals surface area contributed by atoms with Gasteiger partial charge in [0, 0.05) is 18.7 Å². The van der Waals surface area contributed by atoms with E-state index in [9.17, 15) is 19.5 Å². The number of carbonyl (C=O) groups is 2. The molecule has 0 saturated heterocycles. The summed E-state index contributed by atoms with van der Waals surface area (Å²) >= 11 is 0. The second-order valence-corrected chi connectivity index (χ2v) is 5.49. The molecular weight excluding hydrogens is 348 g/mol. The molecular formula is C19H15N4O4-. The smallest absolute Gasteiger partial charge is 0.271 e. The number of nitrogens with zero attached hydrogens (tertiary/aromatic N) is 4. The predicted molar refractivity (Wildman–Crippen MR) is 93.7 cm³/mol. The van der Waals surface area contributed by atoms with Crippen molar-refractivity contribution in [1.82, 2.24) is 9.47 Å². The first-order chi connectivity index (χ1) is 12.9. The molecule has 27 heavy (non-hydrogen) atoms. The van der Waals surface area contributed by atoms with Crippen LogP contribution >= 0.6 is 0 Å². The van der Waals surface area contributed by atoms with Gasteiger partial charge in [0.2, 0.25) is 0 Å². The van der Waals surface area contributed by atoms with Crippen molar-refractivity contribution in [3.63, 3.8) is 0 Å². The van der Waals surface area contributed by atoms with E-state index in [0.717, 1.165) is 9.47 Å². The minimum Gasteiger partial charge on any atom is -0.860 e. The van der Waals surface area contributed by atoms with Gasteiger partial charge in [-0.25, -0.2) is 0 Å². The van der Waals surface area contributed by atoms with Crippen molar-refractivity contribution in [1.29, 1.82) is 10.5 Å². The van der Waals surface area contributed by atoms with Crippen molar-refractivity contribution in [2.45, 2.75) is 20.4 Å². The van der Waals surface area contributed by atoms with Crippen LogP contribution in [-0.2, 0) is 16.1 Å². The Kier molecular flexibility index (Phi) is 5.74. The summed E-state index contributed by atoms with van der Waals surface area (Å²) in [4.78, 5) is 37.1. The van der Waals surface area contributed by atoms with Crippen LogP contribution in [-0.4, -0.2) is 27.8 Å². The van der Waals surface area contributed by atoms with E-state index in [4.69, 9.17) is 10.5 Å². The van der Waals surface area contributed by atoms with Gasteiger partial charge in [0.05, 0.1) is 0 Å². The lowest BCUT2D eigenvalue weighted by molar-refractivity contribution is -0.280. The van der Waals surface area contributed by atoms with E-state index in [1.54, 1.807) is 26.0 Å². The van der Waals surface area contributed by atoms with Crippen LogP contribution in [0.15, 0.2) is 40.2 Å². The summed E-state index contributed by atoms with van der Waals surface area (Å²) < 4.78 is 0.947. The van der Waals surface area contributed by atoms with Crippen molar-refractivity contribution in [2.75, 3.05) is 6.54 Å². The molecule has 0 aliphatic carbocycles. The lowest BCUT2D eigenvalue weighted by atomic mass is 10.0. The summed E-state index contributed by atoms with van der Waals surface area (Å²) in [6.45, 7) is 3.47. The fourth-order valence-corrected chi connectivity index (χ4v) is 2.57. The van der Waals surface area contributed by atoms with E-state index in [2.05, 4.69) is 0 Å². The minimum absolute atomic E-state index is 0.112. The summed E-state index contributed by atoms with van der Waals surface area (Å²) in [5.74, 6) is -1.75. The van der Waals surface area contributed by atoms with E-state index in [-0.39, 0.29) is 35.4 Å². The molecule has 1 aliphatic rings. The molecule has 2 amide bonds. The zero-order valence-electron chi connectivity index (χ0n) is 14.7. The predicted octanol–water partition coefficient (Wildman–Crippen LogP) is 0.592. The van der Waals surface area contributed by atoms with E-state index in [1.165, 1.54) is 30.4 Å². The van der Waals surface area contributed by atoms with Crippen LogP contribution in [0.4, 0.5) is 0 Å². The molecule has 0 radical (unpaired) electrons. The van der Waals surface area contributed by atoms with Gasteiger partial charge < -0.3 is 9.67 Å². The maximum absolute atomic E-state index is 12.3. The molecule has 0 N–H and O–H groups in total. The van der Waals surface area contributed by atoms with Gasteiger partial charge in [-0.1, -0.05) is 12.2 Å². The van der Waals surface area contributed by atoms with E-state index >= 15 is 0 Å². The number of rotatable bonds is 4. The number of amides is 2. The molecule has 0 saturated carbocycles. The third-order valence-electron chi connectivity index (χ3n) is 3.96. The fourth-order valence-electron chi connectivity index (χ4n) is 2.57. The number of hydrogen-bond donors (Lipinski definition) is 0. The van der Waals surface area contributed by atoms with Gasteiger partial charge in [-0.15, -0.1) is 0 Å². The van der Waals surface area contributed by atoms with E-state index < -0.39 is 23.3 Å². The molecule has 0 fully saturated rings. The zero-order valence-corrected chi connectivity index (χ0v) is 14.7. The molecule has 0 aromatic carbocycles. The molecule has 0 spiro atoms. The van der Waals surface area contributed by atoms with Crippen LogP contribution < -0.4 is 10.7 Å². The molecule has 0 atom stereocenters. The maximum atomic E-state index is 12.3. The van der Waals surface area contributed by atoms with Gasteiger partial charge in [0.25, 0.3) is 17.4 Å². The molecule has 1 aromatic rings. The Morgan fingerprint density at radius 1 is 1.11 bits per heavy atom. The molecule has 1 aromatic heterocycles. The molecule has 8 nitrogen and oxygen atoms in total. The van der Waals surface area contributed by atoms with Crippen molar-refractivity contribution < 1.29 is 14.7 Å². The van der Waals surface area contributed by atoms with Crippen LogP contribution in [0, 0.1) is 22.7 Å². The van der Waals surface area contributed by atoms with Crippen LogP contribution in [0.25, 0.3) is 6.08 Å². The van der Waals surface area contributed by atoms with Crippen LogP contribution in [0.1, 0.15) is 25.0 Å². The van der Waals surface area contributed by atoms with E-state index in [1.807, 2.05) is 0 Å². The Morgan fingerprint density at radius 3 is 2.37 bits per heavy atom. The van der Waals surface area contributed by atoms with Crippen LogP contribution in [0.5, 0.6) is 5.88 Å². The molecule has 8 heteroatoms. The van der Waals surface area contributed by atoms with Crippen LogP contribution in [0.3, 0.4) is 0 Å². The van der Waals surface area contributed by atoms with Gasteiger partial charge in [-0.3, -0.25) is 19.3 Å². The normalized spacial score (nSPS) is 15.8. The third kappa shape index (κ3) is 3.55. The van der Waals surface area contributed by atoms with Crippen LogP contribution in [0.2, 0.25) is 0 Å². The number of carbonyl (C=O) groups excluding carboxylic acids is 2. The first-order valence-corrected chi connectivity index (χ1v) is 8.10. The summed E-state index contributed by atoms with van der Waals surface area (Å²) in [6.07, 6.45) is 5.31. The number of allylic oxidation sites excluding steroid dienone is 2. The molecule has 2 rings (SSSR count). The van der Waals surface area contributed by atoms with Gasteiger partial charge >= 0.3 is 0 Å². The number of nitriles is 2. The lowest BCUT2D eigenvalue weighted by Crippen LogP contribution is -2.41. The standard InChI is InChI=1S/C19H16N4O4/c1-3-22-16(24)12(8-14(10-20)18(22)26)6-5-7-13-9-15(11-21)19(27)23(4-2)17(13)25/h5-9,24H,3-4H2,1-2H3/p-1/b6-5+,13-7+. The Hall–Kier alpha value is -3.91. The largest absolute Gasteiger partial charge is 0.860 e. The van der Waals surface area contributed by atoms with Gasteiger partial charge in [0.1, 0.15) is 23.3 Å². The first kappa shape index (κ1) is 19.4. The number of pyridine rings is 1. The Labute approximate surface area is 155 Å². The van der Waals surface area contributed by atoms with Gasteiger partial charge in [-0.05, 0) is 43.5 Å². The fraction of sp³-hybridized carbons (Fsp3) is 0.211. The average molecular weight is 363 g/mol. The summed E-state index contributed by atoms with van der Waals surface area (Å²) in [5, 5.41) is 30.3. The first-order valence-electron chi connectivity index (χ1n) is 8.10. The Morgan fingerprint density at radius 2 is 1.81 bits per heavy atom. The Balaban J connectivity index is 2.48. The number of aromatic nitrogens is 1. The average Bonchev–Trinajstić information content (AvgIpc) is 2.66. The number of imide groups is 1. The lowest BCUT2D eigenvalue weighted by Gasteiger charge is -2.22. The molecule has 2 heterocycles. The maximum Gasteiger partial charge on any atom is 0.271 e. The highest BCUT2D eigenvalue weighted by molar-refractivity contribution is 6.16. The summed E-state index contributed by atoms with van der Waals surface area (Å²) in [5.41, 5.74) is -0.748. The van der Waals surface area contributed by atoms with Crippen molar-refractivity contribution in [3.8, 4) is 18.0 Å².